The minimum Gasteiger partial charge on any atom is -0.468 e. The molecule has 162 valence electrons. The number of guanidine groups is 1. The average Bonchev–Trinajstić information content (AvgIpc) is 2.70. The maximum atomic E-state index is 12.3. The first kappa shape index (κ1) is 22.6. The zero-order valence-corrected chi connectivity index (χ0v) is 16.5. The number of ether oxygens (including phenoxy) is 2. The van der Waals surface area contributed by atoms with Crippen LogP contribution in [0.25, 0.3) is 0 Å². The molecule has 1 aliphatic heterocycles. The van der Waals surface area contributed by atoms with E-state index in [0.717, 1.165) is 0 Å². The molecular formula is C18H26F3N5O3. The second-order valence-electron chi connectivity index (χ2n) is 6.25. The van der Waals surface area contributed by atoms with Crippen LogP contribution < -0.4 is 10.1 Å². The van der Waals surface area contributed by atoms with Gasteiger partial charge in [0.2, 0.25) is 5.88 Å². The number of nitrogens with zero attached hydrogens (tertiary/aromatic N) is 4. The fraction of sp³-hybridized carbons (Fsp3) is 0.611. The lowest BCUT2D eigenvalue weighted by Crippen LogP contribution is -2.53. The Labute approximate surface area is 167 Å². The molecule has 0 unspecified atom stereocenters. The summed E-state index contributed by atoms with van der Waals surface area (Å²) in [7, 11) is 0. The van der Waals surface area contributed by atoms with Crippen LogP contribution in [-0.2, 0) is 11.3 Å². The SMILES string of the molecule is CCNC(=NCc1ccnc(OCC(F)(F)F)c1)N1CCN(C(=O)OCC)CC1. The molecule has 0 bridgehead atoms. The number of carbonyl (C=O) groups is 1. The number of alkyl halides is 3. The van der Waals surface area contributed by atoms with Crippen molar-refractivity contribution in [1.29, 1.82) is 0 Å². The van der Waals surface area contributed by atoms with E-state index in [9.17, 15) is 18.0 Å². The summed E-state index contributed by atoms with van der Waals surface area (Å²) in [5.74, 6) is 0.577. The Morgan fingerprint density at radius 3 is 2.55 bits per heavy atom. The van der Waals surface area contributed by atoms with Gasteiger partial charge in [-0.2, -0.15) is 13.2 Å². The van der Waals surface area contributed by atoms with Gasteiger partial charge in [0.25, 0.3) is 0 Å². The third-order valence-electron chi connectivity index (χ3n) is 4.03. The molecule has 0 atom stereocenters. The largest absolute Gasteiger partial charge is 0.468 e. The van der Waals surface area contributed by atoms with E-state index in [1.54, 1.807) is 17.9 Å². The second-order valence-corrected chi connectivity index (χ2v) is 6.25. The topological polar surface area (TPSA) is 79.3 Å². The fourth-order valence-corrected chi connectivity index (χ4v) is 2.69. The summed E-state index contributed by atoms with van der Waals surface area (Å²) in [5.41, 5.74) is 0.678. The van der Waals surface area contributed by atoms with E-state index < -0.39 is 12.8 Å². The van der Waals surface area contributed by atoms with Crippen LogP contribution in [-0.4, -0.2) is 79.0 Å². The molecule has 0 radical (unpaired) electrons. The first-order chi connectivity index (χ1) is 13.8. The van der Waals surface area contributed by atoms with Crippen LogP contribution in [0.3, 0.4) is 0 Å². The molecule has 0 spiro atoms. The lowest BCUT2D eigenvalue weighted by atomic mass is 10.2. The van der Waals surface area contributed by atoms with Crippen molar-refractivity contribution in [3.63, 3.8) is 0 Å². The quantitative estimate of drug-likeness (QED) is 0.565. The number of hydrogen-bond donors (Lipinski definition) is 1. The highest BCUT2D eigenvalue weighted by Gasteiger charge is 2.28. The van der Waals surface area contributed by atoms with Crippen LogP contribution in [0.15, 0.2) is 23.3 Å². The Morgan fingerprint density at radius 1 is 1.24 bits per heavy atom. The Balaban J connectivity index is 1.96. The number of halogens is 3. The molecule has 2 rings (SSSR count). The molecule has 0 aliphatic carbocycles. The first-order valence-electron chi connectivity index (χ1n) is 9.41. The Kier molecular flexibility index (Phi) is 8.34. The summed E-state index contributed by atoms with van der Waals surface area (Å²) in [4.78, 5) is 23.8. The highest BCUT2D eigenvalue weighted by atomic mass is 19.4. The van der Waals surface area contributed by atoms with Crippen molar-refractivity contribution in [2.45, 2.75) is 26.6 Å². The lowest BCUT2D eigenvalue weighted by molar-refractivity contribution is -0.154. The van der Waals surface area contributed by atoms with Crippen LogP contribution in [0.5, 0.6) is 5.88 Å². The Hall–Kier alpha value is -2.72. The summed E-state index contributed by atoms with van der Waals surface area (Å²) in [6.07, 6.45) is -3.35. The minimum atomic E-state index is -4.42. The molecule has 1 saturated heterocycles. The molecular weight excluding hydrogens is 391 g/mol. The summed E-state index contributed by atoms with van der Waals surface area (Å²) in [6, 6.07) is 3.11. The number of hydrogen-bond acceptors (Lipinski definition) is 5. The number of aliphatic imine (C=N–C) groups is 1. The van der Waals surface area contributed by atoms with Crippen molar-refractivity contribution in [2.75, 3.05) is 45.9 Å². The maximum Gasteiger partial charge on any atom is 0.422 e. The number of pyridine rings is 1. The van der Waals surface area contributed by atoms with E-state index in [4.69, 9.17) is 4.74 Å². The van der Waals surface area contributed by atoms with Crippen LogP contribution >= 0.6 is 0 Å². The van der Waals surface area contributed by atoms with Gasteiger partial charge >= 0.3 is 12.3 Å². The zero-order valence-electron chi connectivity index (χ0n) is 16.5. The third-order valence-corrected chi connectivity index (χ3v) is 4.03. The molecule has 1 aliphatic rings. The van der Waals surface area contributed by atoms with E-state index in [2.05, 4.69) is 20.0 Å². The number of amides is 1. The predicted octanol–water partition coefficient (Wildman–Crippen LogP) is 2.26. The highest BCUT2D eigenvalue weighted by molar-refractivity contribution is 5.80. The minimum absolute atomic E-state index is 0.0944. The predicted molar refractivity (Wildman–Crippen MR) is 101 cm³/mol. The Morgan fingerprint density at radius 2 is 1.93 bits per heavy atom. The average molecular weight is 417 g/mol. The zero-order chi connectivity index (χ0) is 21.3. The third kappa shape index (κ3) is 7.66. The standard InChI is InChI=1S/C18H26F3N5O3/c1-3-22-16(25-7-9-26(10-8-25)17(27)28-4-2)24-12-14-5-6-23-15(11-14)29-13-18(19,20)21/h5-6,11H,3-4,7-10,12-13H2,1-2H3,(H,22,24). The number of carbonyl (C=O) groups excluding carboxylic acids is 1. The van der Waals surface area contributed by atoms with E-state index in [1.165, 1.54) is 12.3 Å². The molecule has 11 heteroatoms. The van der Waals surface area contributed by atoms with Gasteiger partial charge in [0, 0.05) is 45.0 Å². The molecule has 29 heavy (non-hydrogen) atoms. The van der Waals surface area contributed by atoms with E-state index >= 15 is 0 Å². The molecule has 1 fully saturated rings. The van der Waals surface area contributed by atoms with Gasteiger partial charge in [0.15, 0.2) is 12.6 Å². The van der Waals surface area contributed by atoms with Gasteiger partial charge in [0.1, 0.15) is 0 Å². The summed E-state index contributed by atoms with van der Waals surface area (Å²) in [5, 5.41) is 3.20. The van der Waals surface area contributed by atoms with Gasteiger partial charge in [0.05, 0.1) is 13.2 Å². The molecule has 8 nitrogen and oxygen atoms in total. The molecule has 0 aromatic carbocycles. The van der Waals surface area contributed by atoms with E-state index in [-0.39, 0.29) is 18.5 Å². The molecule has 1 aromatic rings. The van der Waals surface area contributed by atoms with Gasteiger partial charge < -0.3 is 24.6 Å². The number of rotatable bonds is 6. The summed E-state index contributed by atoms with van der Waals surface area (Å²) < 4.78 is 46.6. The molecule has 1 N–H and O–H groups in total. The van der Waals surface area contributed by atoms with Gasteiger partial charge in [-0.3, -0.25) is 0 Å². The van der Waals surface area contributed by atoms with Gasteiger partial charge in [-0.1, -0.05) is 0 Å². The number of aromatic nitrogens is 1. The highest BCUT2D eigenvalue weighted by Crippen LogP contribution is 2.18. The van der Waals surface area contributed by atoms with Gasteiger partial charge in [-0.15, -0.1) is 0 Å². The van der Waals surface area contributed by atoms with Crippen LogP contribution in [0.1, 0.15) is 19.4 Å². The van der Waals surface area contributed by atoms with E-state index in [0.29, 0.717) is 50.9 Å². The van der Waals surface area contributed by atoms with Crippen molar-refractivity contribution < 1.29 is 27.4 Å². The van der Waals surface area contributed by atoms with Crippen LogP contribution in [0, 0.1) is 0 Å². The van der Waals surface area contributed by atoms with Crippen molar-refractivity contribution in [3.8, 4) is 5.88 Å². The van der Waals surface area contributed by atoms with Crippen molar-refractivity contribution >= 4 is 12.1 Å². The monoisotopic (exact) mass is 417 g/mol. The fourth-order valence-electron chi connectivity index (χ4n) is 2.69. The first-order valence-corrected chi connectivity index (χ1v) is 9.41. The van der Waals surface area contributed by atoms with Crippen LogP contribution in [0.4, 0.5) is 18.0 Å². The molecule has 1 aromatic heterocycles. The summed E-state index contributed by atoms with van der Waals surface area (Å²) in [6.45, 7) is 5.81. The van der Waals surface area contributed by atoms with Gasteiger partial charge in [-0.25, -0.2) is 14.8 Å². The van der Waals surface area contributed by atoms with Crippen molar-refractivity contribution in [3.05, 3.63) is 23.9 Å². The lowest BCUT2D eigenvalue weighted by Gasteiger charge is -2.35. The van der Waals surface area contributed by atoms with Crippen LogP contribution in [0.2, 0.25) is 0 Å². The number of nitrogens with one attached hydrogen (secondary N) is 1. The molecule has 2 heterocycles. The van der Waals surface area contributed by atoms with Gasteiger partial charge in [-0.05, 0) is 25.5 Å². The molecule has 0 saturated carbocycles. The number of piperazine rings is 1. The van der Waals surface area contributed by atoms with Crippen molar-refractivity contribution in [1.82, 2.24) is 20.1 Å². The Bertz CT molecular complexity index is 692. The molecule has 1 amide bonds. The van der Waals surface area contributed by atoms with E-state index in [1.807, 2.05) is 11.8 Å². The van der Waals surface area contributed by atoms with Crippen molar-refractivity contribution in [2.24, 2.45) is 4.99 Å². The normalized spacial score (nSPS) is 15.3. The summed E-state index contributed by atoms with van der Waals surface area (Å²) >= 11 is 0. The maximum absolute atomic E-state index is 12.3. The smallest absolute Gasteiger partial charge is 0.422 e. The second kappa shape index (κ2) is 10.7.